The van der Waals surface area contributed by atoms with Crippen molar-refractivity contribution in [3.63, 3.8) is 0 Å². The molecule has 2 aromatic rings. The Kier molecular flexibility index (Phi) is 4.44. The minimum Gasteiger partial charge on any atom is -0.348 e. The SMILES string of the molecule is CC(C)(C)c1[nH]cnc1/C=C1\NC(=O)C(Cc2ccccc2)NC1=O. The second-order valence-corrected chi connectivity index (χ2v) is 7.18. The topological polar surface area (TPSA) is 86.9 Å². The molecule has 1 atom stereocenters. The van der Waals surface area contributed by atoms with E-state index in [-0.39, 0.29) is 22.9 Å². The van der Waals surface area contributed by atoms with E-state index in [2.05, 4.69) is 41.4 Å². The number of nitrogens with zero attached hydrogens (tertiary/aromatic N) is 1. The molecule has 0 bridgehead atoms. The molecule has 0 saturated carbocycles. The predicted molar refractivity (Wildman–Crippen MR) is 95.5 cm³/mol. The number of nitrogens with one attached hydrogen (secondary N) is 3. The number of piperazine rings is 1. The summed E-state index contributed by atoms with van der Waals surface area (Å²) in [4.78, 5) is 32.1. The molecule has 1 fully saturated rings. The minimum atomic E-state index is -0.576. The lowest BCUT2D eigenvalue weighted by Gasteiger charge is -2.25. The molecule has 2 amide bonds. The van der Waals surface area contributed by atoms with Gasteiger partial charge in [0.2, 0.25) is 5.91 Å². The Morgan fingerprint density at radius 1 is 1.16 bits per heavy atom. The summed E-state index contributed by atoms with van der Waals surface area (Å²) in [5, 5.41) is 5.49. The average Bonchev–Trinajstić information content (AvgIpc) is 3.02. The van der Waals surface area contributed by atoms with Crippen molar-refractivity contribution in [1.82, 2.24) is 20.6 Å². The van der Waals surface area contributed by atoms with Gasteiger partial charge in [-0.3, -0.25) is 9.59 Å². The van der Waals surface area contributed by atoms with Crippen LogP contribution in [0.3, 0.4) is 0 Å². The first-order valence-corrected chi connectivity index (χ1v) is 8.26. The third-order valence-electron chi connectivity index (χ3n) is 4.11. The molecule has 2 heterocycles. The summed E-state index contributed by atoms with van der Waals surface area (Å²) in [6.07, 6.45) is 3.66. The number of H-pyrrole nitrogens is 1. The number of rotatable bonds is 3. The summed E-state index contributed by atoms with van der Waals surface area (Å²) < 4.78 is 0. The van der Waals surface area contributed by atoms with Gasteiger partial charge in [0, 0.05) is 17.5 Å². The highest BCUT2D eigenvalue weighted by molar-refractivity contribution is 6.07. The van der Waals surface area contributed by atoms with Crippen LogP contribution in [-0.4, -0.2) is 27.8 Å². The van der Waals surface area contributed by atoms with Crippen molar-refractivity contribution in [2.24, 2.45) is 0 Å². The van der Waals surface area contributed by atoms with E-state index >= 15 is 0 Å². The van der Waals surface area contributed by atoms with E-state index in [0.29, 0.717) is 12.1 Å². The van der Waals surface area contributed by atoms with Crippen LogP contribution in [0, 0.1) is 0 Å². The Labute approximate surface area is 146 Å². The highest BCUT2D eigenvalue weighted by Crippen LogP contribution is 2.24. The molecule has 6 heteroatoms. The smallest absolute Gasteiger partial charge is 0.268 e. The molecule has 1 saturated heterocycles. The number of imidazole rings is 1. The van der Waals surface area contributed by atoms with E-state index in [1.807, 2.05) is 30.3 Å². The van der Waals surface area contributed by atoms with Crippen LogP contribution in [0.2, 0.25) is 0 Å². The van der Waals surface area contributed by atoms with Crippen LogP contribution in [0.5, 0.6) is 0 Å². The Hall–Kier alpha value is -2.89. The fourth-order valence-corrected chi connectivity index (χ4v) is 2.83. The lowest BCUT2D eigenvalue weighted by Crippen LogP contribution is -2.55. The van der Waals surface area contributed by atoms with E-state index in [4.69, 9.17) is 0 Å². The van der Waals surface area contributed by atoms with Gasteiger partial charge in [-0.1, -0.05) is 51.1 Å². The summed E-state index contributed by atoms with van der Waals surface area (Å²) in [6.45, 7) is 6.16. The molecule has 0 radical (unpaired) electrons. The zero-order valence-corrected chi connectivity index (χ0v) is 14.6. The van der Waals surface area contributed by atoms with Crippen molar-refractivity contribution in [2.45, 2.75) is 38.6 Å². The molecule has 0 aliphatic carbocycles. The molecule has 6 nitrogen and oxygen atoms in total. The number of carbonyl (C=O) groups is 2. The van der Waals surface area contributed by atoms with Gasteiger partial charge in [-0.2, -0.15) is 0 Å². The minimum absolute atomic E-state index is 0.145. The third-order valence-corrected chi connectivity index (χ3v) is 4.11. The maximum Gasteiger partial charge on any atom is 0.268 e. The first-order chi connectivity index (χ1) is 11.8. The summed E-state index contributed by atoms with van der Waals surface area (Å²) in [5.74, 6) is -0.522. The summed E-state index contributed by atoms with van der Waals surface area (Å²) >= 11 is 0. The van der Waals surface area contributed by atoms with Crippen LogP contribution >= 0.6 is 0 Å². The number of amides is 2. The molecule has 1 unspecified atom stereocenters. The van der Waals surface area contributed by atoms with Crippen molar-refractivity contribution in [3.05, 3.63) is 59.3 Å². The molecule has 1 aromatic heterocycles. The Morgan fingerprint density at radius 3 is 2.56 bits per heavy atom. The van der Waals surface area contributed by atoms with Crippen LogP contribution in [0.4, 0.5) is 0 Å². The molecule has 25 heavy (non-hydrogen) atoms. The van der Waals surface area contributed by atoms with Crippen LogP contribution < -0.4 is 10.6 Å². The maximum absolute atomic E-state index is 12.4. The highest BCUT2D eigenvalue weighted by Gasteiger charge is 2.30. The van der Waals surface area contributed by atoms with Crippen molar-refractivity contribution >= 4 is 17.9 Å². The molecular weight excluding hydrogens is 316 g/mol. The van der Waals surface area contributed by atoms with Gasteiger partial charge in [-0.15, -0.1) is 0 Å². The molecule has 3 rings (SSSR count). The van der Waals surface area contributed by atoms with Crippen molar-refractivity contribution in [3.8, 4) is 0 Å². The van der Waals surface area contributed by atoms with Crippen molar-refractivity contribution in [2.75, 3.05) is 0 Å². The Balaban J connectivity index is 1.78. The zero-order valence-electron chi connectivity index (χ0n) is 14.6. The second-order valence-electron chi connectivity index (χ2n) is 7.18. The quantitative estimate of drug-likeness (QED) is 0.747. The number of benzene rings is 1. The van der Waals surface area contributed by atoms with Gasteiger partial charge < -0.3 is 15.6 Å². The van der Waals surface area contributed by atoms with Gasteiger partial charge in [0.1, 0.15) is 11.7 Å². The number of hydrogen-bond donors (Lipinski definition) is 3. The van der Waals surface area contributed by atoms with Crippen molar-refractivity contribution in [1.29, 1.82) is 0 Å². The highest BCUT2D eigenvalue weighted by atomic mass is 16.2. The monoisotopic (exact) mass is 338 g/mol. The largest absolute Gasteiger partial charge is 0.348 e. The molecule has 3 N–H and O–H groups in total. The van der Waals surface area contributed by atoms with Gasteiger partial charge in [-0.25, -0.2) is 4.98 Å². The van der Waals surface area contributed by atoms with Gasteiger partial charge in [-0.05, 0) is 11.6 Å². The molecular formula is C19H22N4O2. The molecule has 1 aromatic carbocycles. The maximum atomic E-state index is 12.4. The number of carbonyl (C=O) groups excluding carboxylic acids is 2. The molecule has 0 spiro atoms. The molecule has 1 aliphatic heterocycles. The van der Waals surface area contributed by atoms with Crippen molar-refractivity contribution < 1.29 is 9.59 Å². The third kappa shape index (κ3) is 3.79. The summed E-state index contributed by atoms with van der Waals surface area (Å²) in [6, 6.07) is 9.03. The van der Waals surface area contributed by atoms with E-state index < -0.39 is 6.04 Å². The van der Waals surface area contributed by atoms with Crippen LogP contribution in [-0.2, 0) is 21.4 Å². The van der Waals surface area contributed by atoms with Crippen LogP contribution in [0.15, 0.2) is 42.4 Å². The van der Waals surface area contributed by atoms with E-state index in [1.54, 1.807) is 12.4 Å². The van der Waals surface area contributed by atoms with Crippen LogP contribution in [0.1, 0.15) is 37.7 Å². The lowest BCUT2D eigenvalue weighted by atomic mass is 9.90. The number of aromatic nitrogens is 2. The Morgan fingerprint density at radius 2 is 1.88 bits per heavy atom. The first kappa shape index (κ1) is 17.0. The second kappa shape index (κ2) is 6.55. The summed E-state index contributed by atoms with van der Waals surface area (Å²) in [5.41, 5.74) is 2.63. The fourth-order valence-electron chi connectivity index (χ4n) is 2.83. The normalized spacial score (nSPS) is 19.6. The lowest BCUT2D eigenvalue weighted by molar-refractivity contribution is -0.131. The van der Waals surface area contributed by atoms with Gasteiger partial charge in [0.15, 0.2) is 0 Å². The van der Waals surface area contributed by atoms with E-state index in [1.165, 1.54) is 0 Å². The van der Waals surface area contributed by atoms with Crippen LogP contribution in [0.25, 0.3) is 6.08 Å². The van der Waals surface area contributed by atoms with Gasteiger partial charge >= 0.3 is 0 Å². The molecule has 1 aliphatic rings. The van der Waals surface area contributed by atoms with E-state index in [0.717, 1.165) is 11.3 Å². The zero-order chi connectivity index (χ0) is 18.0. The Bertz CT molecular complexity index is 815. The first-order valence-electron chi connectivity index (χ1n) is 8.26. The summed E-state index contributed by atoms with van der Waals surface area (Å²) in [7, 11) is 0. The predicted octanol–water partition coefficient (Wildman–Crippen LogP) is 1.91. The standard InChI is InChI=1S/C19H22N4O2/c1-19(2,3)16-13(20-11-21-16)10-15-18(25)22-14(17(24)23-15)9-12-7-5-4-6-8-12/h4-8,10-11,14H,9H2,1-3H3,(H,20,21)(H,22,25)(H,23,24)/b15-10-. The average molecular weight is 338 g/mol. The van der Waals surface area contributed by atoms with E-state index in [9.17, 15) is 9.59 Å². The number of hydrogen-bond acceptors (Lipinski definition) is 3. The van der Waals surface area contributed by atoms with Gasteiger partial charge in [0.25, 0.3) is 5.91 Å². The van der Waals surface area contributed by atoms with Gasteiger partial charge in [0.05, 0.1) is 12.0 Å². The fraction of sp³-hybridized carbons (Fsp3) is 0.316. The molecule has 130 valence electrons. The number of aromatic amines is 1.